The summed E-state index contributed by atoms with van der Waals surface area (Å²) in [7, 11) is 1.31. The van der Waals surface area contributed by atoms with Gasteiger partial charge in [-0.05, 0) is 62.0 Å². The summed E-state index contributed by atoms with van der Waals surface area (Å²) in [6, 6.07) is 17.2. The van der Waals surface area contributed by atoms with Crippen LogP contribution in [-0.4, -0.2) is 23.8 Å². The quantitative estimate of drug-likeness (QED) is 0.188. The standard InChI is InChI=1S/C28H20Br2N2O6/c1-14-22(28(34)37-2)23(24-25(31-14)18-8-3-4-9-19(18)26(24)33)16-11-20(29)27(21(30)12-16)38-13-15-6-5-7-17(10-15)32(35)36/h3-12,23,31H,13H2,1-2H3/t23-/m0/s1. The van der Waals surface area contributed by atoms with Crippen molar-refractivity contribution in [2.75, 3.05) is 7.11 Å². The Morgan fingerprint density at radius 2 is 1.74 bits per heavy atom. The maximum Gasteiger partial charge on any atom is 0.336 e. The maximum atomic E-state index is 13.6. The molecule has 2 aliphatic rings. The van der Waals surface area contributed by atoms with Crippen LogP contribution in [0.4, 0.5) is 5.69 Å². The average molecular weight is 640 g/mol. The van der Waals surface area contributed by atoms with Gasteiger partial charge in [0.05, 0.1) is 32.2 Å². The minimum Gasteiger partial charge on any atom is -0.487 e. The van der Waals surface area contributed by atoms with Gasteiger partial charge in [-0.3, -0.25) is 14.9 Å². The maximum absolute atomic E-state index is 13.6. The third-order valence-electron chi connectivity index (χ3n) is 6.51. The molecular weight excluding hydrogens is 620 g/mol. The van der Waals surface area contributed by atoms with E-state index in [1.807, 2.05) is 18.2 Å². The van der Waals surface area contributed by atoms with Crippen LogP contribution in [0.25, 0.3) is 5.70 Å². The Balaban J connectivity index is 1.55. The van der Waals surface area contributed by atoms with Gasteiger partial charge in [-0.15, -0.1) is 0 Å². The lowest BCUT2D eigenvalue weighted by Crippen LogP contribution is -2.29. The van der Waals surface area contributed by atoms with Crippen LogP contribution in [0.15, 0.2) is 86.5 Å². The van der Waals surface area contributed by atoms with Gasteiger partial charge in [0.1, 0.15) is 12.4 Å². The third-order valence-corrected chi connectivity index (χ3v) is 7.69. The van der Waals surface area contributed by atoms with Crippen molar-refractivity contribution in [2.45, 2.75) is 19.4 Å². The number of carbonyl (C=O) groups excluding carboxylic acids is 2. The first-order chi connectivity index (χ1) is 18.2. The fraction of sp³-hybridized carbons (Fsp3) is 0.143. The van der Waals surface area contributed by atoms with Gasteiger partial charge < -0.3 is 14.8 Å². The van der Waals surface area contributed by atoms with Crippen LogP contribution >= 0.6 is 31.9 Å². The predicted molar refractivity (Wildman–Crippen MR) is 148 cm³/mol. The topological polar surface area (TPSA) is 108 Å². The van der Waals surface area contributed by atoms with Crippen LogP contribution in [0.3, 0.4) is 0 Å². The molecule has 0 spiro atoms. The molecule has 10 heteroatoms. The van der Waals surface area contributed by atoms with Gasteiger partial charge in [0.25, 0.3) is 5.69 Å². The minimum absolute atomic E-state index is 0.0192. The number of nitro benzene ring substituents is 1. The van der Waals surface area contributed by atoms with E-state index in [-0.39, 0.29) is 18.1 Å². The lowest BCUT2D eigenvalue weighted by molar-refractivity contribution is -0.384. The first-order valence-corrected chi connectivity index (χ1v) is 13.1. The largest absolute Gasteiger partial charge is 0.487 e. The molecule has 1 aliphatic carbocycles. The first-order valence-electron chi connectivity index (χ1n) is 11.5. The number of nitrogens with one attached hydrogen (secondary N) is 1. The summed E-state index contributed by atoms with van der Waals surface area (Å²) < 4.78 is 12.3. The second-order valence-electron chi connectivity index (χ2n) is 8.78. The van der Waals surface area contributed by atoms with E-state index in [1.54, 1.807) is 37.3 Å². The smallest absolute Gasteiger partial charge is 0.336 e. The van der Waals surface area contributed by atoms with Crippen molar-refractivity contribution in [2.24, 2.45) is 0 Å². The van der Waals surface area contributed by atoms with E-state index in [0.29, 0.717) is 53.9 Å². The number of esters is 1. The number of fused-ring (bicyclic) bond motifs is 2. The van der Waals surface area contributed by atoms with Gasteiger partial charge in [0.2, 0.25) is 0 Å². The van der Waals surface area contributed by atoms with Gasteiger partial charge in [0.15, 0.2) is 5.78 Å². The number of dihydropyridines is 1. The monoisotopic (exact) mass is 638 g/mol. The second kappa shape index (κ2) is 10.2. The van der Waals surface area contributed by atoms with Gasteiger partial charge >= 0.3 is 5.97 Å². The molecule has 8 nitrogen and oxygen atoms in total. The van der Waals surface area contributed by atoms with E-state index >= 15 is 0 Å². The number of hydrogen-bond acceptors (Lipinski definition) is 7. The number of nitro groups is 1. The Bertz CT molecular complexity index is 1570. The molecule has 5 rings (SSSR count). The van der Waals surface area contributed by atoms with Crippen LogP contribution < -0.4 is 10.1 Å². The van der Waals surface area contributed by atoms with Crippen LogP contribution in [0.1, 0.15) is 39.9 Å². The second-order valence-corrected chi connectivity index (χ2v) is 10.5. The Kier molecular flexibility index (Phi) is 6.93. The number of rotatable bonds is 6. The Morgan fingerprint density at radius 3 is 2.39 bits per heavy atom. The highest BCUT2D eigenvalue weighted by atomic mass is 79.9. The molecule has 0 bridgehead atoms. The summed E-state index contributed by atoms with van der Waals surface area (Å²) in [5, 5.41) is 14.4. The molecule has 1 heterocycles. The fourth-order valence-electron chi connectivity index (χ4n) is 4.84. The number of carbonyl (C=O) groups is 2. The van der Waals surface area contributed by atoms with Crippen molar-refractivity contribution in [3.05, 3.63) is 119 Å². The SMILES string of the molecule is COC(=O)C1=C(C)NC2=C(C(=O)c3ccccc32)[C@H]1c1cc(Br)c(OCc2cccc([N+](=O)[O-])c2)c(Br)c1. The normalized spacial score (nSPS) is 16.1. The van der Waals surface area contributed by atoms with Crippen molar-refractivity contribution in [3.63, 3.8) is 0 Å². The van der Waals surface area contributed by atoms with E-state index in [9.17, 15) is 19.7 Å². The summed E-state index contributed by atoms with van der Waals surface area (Å²) in [4.78, 5) is 37.2. The molecule has 3 aromatic rings. The number of methoxy groups -OCH3 is 1. The van der Waals surface area contributed by atoms with Gasteiger partial charge in [-0.2, -0.15) is 0 Å². The minimum atomic E-state index is -0.683. The Morgan fingerprint density at radius 1 is 1.05 bits per heavy atom. The number of Topliss-reactive ketones (excluding diaryl/α,β-unsaturated/α-hetero) is 1. The van der Waals surface area contributed by atoms with Crippen LogP contribution in [0.2, 0.25) is 0 Å². The number of halogens is 2. The summed E-state index contributed by atoms with van der Waals surface area (Å²) >= 11 is 7.14. The number of ketones is 1. The highest BCUT2D eigenvalue weighted by molar-refractivity contribution is 9.11. The molecule has 3 aromatic carbocycles. The van der Waals surface area contributed by atoms with E-state index in [0.717, 1.165) is 5.56 Å². The zero-order valence-corrected chi connectivity index (χ0v) is 23.4. The molecule has 1 N–H and O–H groups in total. The lowest BCUT2D eigenvalue weighted by atomic mass is 9.80. The van der Waals surface area contributed by atoms with Gasteiger partial charge in [-0.25, -0.2) is 4.79 Å². The number of hydrogen-bond donors (Lipinski definition) is 1. The molecule has 0 unspecified atom stereocenters. The molecule has 0 aromatic heterocycles. The summed E-state index contributed by atoms with van der Waals surface area (Å²) in [6.07, 6.45) is 0. The van der Waals surface area contributed by atoms with Crippen molar-refractivity contribution in [3.8, 4) is 5.75 Å². The molecule has 0 saturated carbocycles. The summed E-state index contributed by atoms with van der Waals surface area (Å²) in [5.41, 5.74) is 4.76. The zero-order chi connectivity index (χ0) is 27.1. The van der Waals surface area contributed by atoms with E-state index in [1.165, 1.54) is 19.2 Å². The average Bonchev–Trinajstić information content (AvgIpc) is 3.18. The van der Waals surface area contributed by atoms with Crippen LogP contribution in [-0.2, 0) is 16.1 Å². The number of nitrogens with zero attached hydrogens (tertiary/aromatic N) is 1. The first kappa shape index (κ1) is 25.9. The zero-order valence-electron chi connectivity index (χ0n) is 20.2. The fourth-order valence-corrected chi connectivity index (χ4v) is 6.29. The number of non-ortho nitro benzene ring substituents is 1. The van der Waals surface area contributed by atoms with E-state index in [4.69, 9.17) is 9.47 Å². The Labute approximate surface area is 234 Å². The lowest BCUT2D eigenvalue weighted by Gasteiger charge is -2.29. The molecule has 0 fully saturated rings. The number of ether oxygens (including phenoxy) is 2. The molecule has 38 heavy (non-hydrogen) atoms. The third kappa shape index (κ3) is 4.43. The molecule has 192 valence electrons. The predicted octanol–water partition coefficient (Wildman–Crippen LogP) is 6.44. The molecular formula is C28H20Br2N2O6. The van der Waals surface area contributed by atoms with Crippen LogP contribution in [0, 0.1) is 10.1 Å². The van der Waals surface area contributed by atoms with Crippen molar-refractivity contribution in [1.29, 1.82) is 0 Å². The molecule has 0 saturated heterocycles. The van der Waals surface area contributed by atoms with Crippen molar-refractivity contribution >= 4 is 55.0 Å². The van der Waals surface area contributed by atoms with Gasteiger partial charge in [-0.1, -0.05) is 36.4 Å². The molecule has 0 amide bonds. The van der Waals surface area contributed by atoms with Crippen LogP contribution in [0.5, 0.6) is 5.75 Å². The van der Waals surface area contributed by atoms with Crippen molar-refractivity contribution < 1.29 is 24.0 Å². The summed E-state index contributed by atoms with van der Waals surface area (Å²) in [5.74, 6) is -0.893. The van der Waals surface area contributed by atoms with E-state index in [2.05, 4.69) is 37.2 Å². The summed E-state index contributed by atoms with van der Waals surface area (Å²) in [6.45, 7) is 1.89. The molecule has 1 aliphatic heterocycles. The highest BCUT2D eigenvalue weighted by Gasteiger charge is 2.43. The number of allylic oxidation sites excluding steroid dienone is 2. The van der Waals surface area contributed by atoms with Crippen molar-refractivity contribution in [1.82, 2.24) is 5.32 Å². The highest BCUT2D eigenvalue weighted by Crippen LogP contribution is 2.48. The number of benzene rings is 3. The molecule has 0 radical (unpaired) electrons. The van der Waals surface area contributed by atoms with E-state index < -0.39 is 16.8 Å². The van der Waals surface area contributed by atoms with Gasteiger partial charge in [0, 0.05) is 40.4 Å². The Hall–Kier alpha value is -3.76. The molecule has 1 atom stereocenters.